The van der Waals surface area contributed by atoms with Gasteiger partial charge in [0, 0.05) is 30.3 Å². The second-order valence-electron chi connectivity index (χ2n) is 6.42. The Labute approximate surface area is 138 Å². The van der Waals surface area contributed by atoms with Gasteiger partial charge >= 0.3 is 0 Å². The first-order chi connectivity index (χ1) is 11.1. The molecule has 1 amide bonds. The van der Waals surface area contributed by atoms with Gasteiger partial charge in [-0.15, -0.1) is 0 Å². The summed E-state index contributed by atoms with van der Waals surface area (Å²) in [6.07, 6.45) is 8.71. The number of hydrogen-bond donors (Lipinski definition) is 0. The molecule has 1 aromatic carbocycles. The van der Waals surface area contributed by atoms with E-state index in [1.54, 1.807) is 12.3 Å². The summed E-state index contributed by atoms with van der Waals surface area (Å²) in [6.45, 7) is 1.62. The van der Waals surface area contributed by atoms with Crippen LogP contribution in [-0.2, 0) is 4.79 Å². The molecule has 0 N–H and O–H groups in total. The molecule has 0 aromatic heterocycles. The molecule has 4 nitrogen and oxygen atoms in total. The molecule has 0 aliphatic carbocycles. The fourth-order valence-electron chi connectivity index (χ4n) is 3.14. The first kappa shape index (κ1) is 15.8. The molecule has 0 unspecified atom stereocenters. The summed E-state index contributed by atoms with van der Waals surface area (Å²) in [5, 5.41) is 0. The lowest BCUT2D eigenvalue weighted by molar-refractivity contribution is -0.127. The highest BCUT2D eigenvalue weighted by molar-refractivity contribution is 6.01. The number of ether oxygens (including phenoxy) is 1. The van der Waals surface area contributed by atoms with Gasteiger partial charge in [0.2, 0.25) is 0 Å². The molecule has 0 radical (unpaired) electrons. The van der Waals surface area contributed by atoms with Crippen LogP contribution in [0.25, 0.3) is 6.08 Å². The van der Waals surface area contributed by atoms with Crippen LogP contribution in [-0.4, -0.2) is 48.9 Å². The van der Waals surface area contributed by atoms with Gasteiger partial charge in [0.05, 0.1) is 6.26 Å². The van der Waals surface area contributed by atoms with Gasteiger partial charge in [-0.3, -0.25) is 4.79 Å². The van der Waals surface area contributed by atoms with Gasteiger partial charge < -0.3 is 14.5 Å². The molecular formula is C19H24N2O2. The van der Waals surface area contributed by atoms with Crippen molar-refractivity contribution < 1.29 is 9.53 Å². The van der Waals surface area contributed by atoms with Crippen LogP contribution >= 0.6 is 0 Å². The van der Waals surface area contributed by atoms with Crippen molar-refractivity contribution in [1.29, 1.82) is 0 Å². The Kier molecular flexibility index (Phi) is 4.82. The van der Waals surface area contributed by atoms with E-state index in [9.17, 15) is 4.79 Å². The van der Waals surface area contributed by atoms with E-state index in [-0.39, 0.29) is 5.91 Å². The molecule has 3 rings (SSSR count). The maximum atomic E-state index is 13.0. The van der Waals surface area contributed by atoms with Crippen LogP contribution in [0.3, 0.4) is 0 Å². The molecule has 1 saturated heterocycles. The van der Waals surface area contributed by atoms with E-state index in [0.29, 0.717) is 11.6 Å². The molecule has 4 heteroatoms. The lowest BCUT2D eigenvalue weighted by Gasteiger charge is -2.28. The Morgan fingerprint density at radius 3 is 2.91 bits per heavy atom. The number of carbonyl (C=O) groups is 1. The lowest BCUT2D eigenvalue weighted by atomic mass is 10.1. The van der Waals surface area contributed by atoms with Crippen LogP contribution in [0.4, 0.5) is 0 Å². The van der Waals surface area contributed by atoms with Crippen molar-refractivity contribution in [1.82, 2.24) is 9.80 Å². The minimum atomic E-state index is 0.0929. The third-order valence-corrected chi connectivity index (χ3v) is 4.58. The highest BCUT2D eigenvalue weighted by Gasteiger charge is 2.25. The van der Waals surface area contributed by atoms with Gasteiger partial charge in [-0.1, -0.05) is 24.6 Å². The summed E-state index contributed by atoms with van der Waals surface area (Å²) in [7, 11) is 4.18. The van der Waals surface area contributed by atoms with Crippen LogP contribution in [0, 0.1) is 0 Å². The van der Waals surface area contributed by atoms with Gasteiger partial charge in [-0.05, 0) is 45.2 Å². The van der Waals surface area contributed by atoms with E-state index in [4.69, 9.17) is 4.74 Å². The predicted molar refractivity (Wildman–Crippen MR) is 92.1 cm³/mol. The van der Waals surface area contributed by atoms with Crippen LogP contribution < -0.4 is 4.74 Å². The summed E-state index contributed by atoms with van der Waals surface area (Å²) in [6, 6.07) is 8.21. The molecule has 1 fully saturated rings. The van der Waals surface area contributed by atoms with Crippen molar-refractivity contribution in [3.8, 4) is 5.75 Å². The van der Waals surface area contributed by atoms with Crippen LogP contribution in [0.2, 0.25) is 0 Å². The zero-order valence-corrected chi connectivity index (χ0v) is 13.9. The molecule has 2 aliphatic heterocycles. The topological polar surface area (TPSA) is 32.8 Å². The van der Waals surface area contributed by atoms with Gasteiger partial charge in [0.1, 0.15) is 5.75 Å². The van der Waals surface area contributed by atoms with Crippen LogP contribution in [0.1, 0.15) is 24.8 Å². The summed E-state index contributed by atoms with van der Waals surface area (Å²) < 4.78 is 5.59. The van der Waals surface area contributed by atoms with Crippen molar-refractivity contribution in [3.63, 3.8) is 0 Å². The number of carbonyl (C=O) groups excluding carboxylic acids is 1. The minimum absolute atomic E-state index is 0.0929. The quantitative estimate of drug-likeness (QED) is 0.842. The molecule has 122 valence electrons. The zero-order valence-electron chi connectivity index (χ0n) is 13.9. The van der Waals surface area contributed by atoms with E-state index in [1.165, 1.54) is 6.42 Å². The number of hydrogen-bond acceptors (Lipinski definition) is 3. The second-order valence-corrected chi connectivity index (χ2v) is 6.42. The van der Waals surface area contributed by atoms with E-state index >= 15 is 0 Å². The van der Waals surface area contributed by atoms with Crippen molar-refractivity contribution >= 4 is 12.0 Å². The predicted octanol–water partition coefficient (Wildman–Crippen LogP) is 2.92. The third-order valence-electron chi connectivity index (χ3n) is 4.58. The summed E-state index contributed by atoms with van der Waals surface area (Å²) >= 11 is 0. The van der Waals surface area contributed by atoms with Crippen molar-refractivity contribution in [2.24, 2.45) is 0 Å². The van der Waals surface area contributed by atoms with Gasteiger partial charge in [-0.2, -0.15) is 0 Å². The van der Waals surface area contributed by atoms with Gasteiger partial charge in [0.15, 0.2) is 0 Å². The van der Waals surface area contributed by atoms with Gasteiger partial charge in [-0.25, -0.2) is 0 Å². The van der Waals surface area contributed by atoms with Crippen molar-refractivity contribution in [2.45, 2.75) is 25.3 Å². The maximum Gasteiger partial charge on any atom is 0.254 e. The molecule has 0 saturated carbocycles. The van der Waals surface area contributed by atoms with E-state index in [0.717, 1.165) is 37.2 Å². The fraction of sp³-hybridized carbons (Fsp3) is 0.421. The highest BCUT2D eigenvalue weighted by Crippen LogP contribution is 2.25. The largest absolute Gasteiger partial charge is 0.464 e. The third kappa shape index (κ3) is 3.64. The Morgan fingerprint density at radius 1 is 1.26 bits per heavy atom. The molecule has 2 heterocycles. The Hall–Kier alpha value is -2.07. The minimum Gasteiger partial charge on any atom is -0.464 e. The molecule has 0 bridgehead atoms. The molecule has 2 aliphatic rings. The lowest BCUT2D eigenvalue weighted by Crippen LogP contribution is -2.42. The van der Waals surface area contributed by atoms with Crippen molar-refractivity contribution in [2.75, 3.05) is 27.2 Å². The average molecular weight is 312 g/mol. The molecule has 1 aromatic rings. The molecule has 1 atom stereocenters. The monoisotopic (exact) mass is 312 g/mol. The standard InChI is InChI=1S/C19H24N2O2/c1-20(2)17-8-5-6-11-21(14-17)19(22)16-10-12-23-18-9-4-3-7-15(18)13-16/h3-4,7,9-10,12-13,17H,5-6,8,11,14H2,1-2H3/t17-/m0/s1. The number of likely N-dealkylation sites (tertiary alicyclic amines) is 1. The summed E-state index contributed by atoms with van der Waals surface area (Å²) in [5.74, 6) is 0.879. The molecular weight excluding hydrogens is 288 g/mol. The smallest absolute Gasteiger partial charge is 0.254 e. The number of fused-ring (bicyclic) bond motifs is 1. The van der Waals surface area contributed by atoms with Gasteiger partial charge in [0.25, 0.3) is 5.91 Å². The Bertz CT molecular complexity index is 634. The second kappa shape index (κ2) is 7.01. The summed E-state index contributed by atoms with van der Waals surface area (Å²) in [5.41, 5.74) is 1.63. The summed E-state index contributed by atoms with van der Waals surface area (Å²) in [4.78, 5) is 17.2. The SMILES string of the molecule is CN(C)[C@H]1CCCCN(C(=O)C2=Cc3ccccc3OC=C2)C1. The normalized spacial score (nSPS) is 21.1. The average Bonchev–Trinajstić information content (AvgIpc) is 2.92. The zero-order chi connectivity index (χ0) is 16.2. The fourth-order valence-corrected chi connectivity index (χ4v) is 3.14. The molecule has 0 spiro atoms. The van der Waals surface area contributed by atoms with E-state index in [1.807, 2.05) is 35.2 Å². The number of benzene rings is 1. The first-order valence-corrected chi connectivity index (χ1v) is 8.25. The number of likely N-dealkylation sites (N-methyl/N-ethyl adjacent to an activating group) is 1. The first-order valence-electron chi connectivity index (χ1n) is 8.25. The molecule has 23 heavy (non-hydrogen) atoms. The van der Waals surface area contributed by atoms with Crippen molar-refractivity contribution in [3.05, 3.63) is 47.7 Å². The number of nitrogens with zero attached hydrogens (tertiary/aromatic N) is 2. The number of rotatable bonds is 2. The highest BCUT2D eigenvalue weighted by atomic mass is 16.5. The number of para-hydroxylation sites is 1. The van der Waals surface area contributed by atoms with E-state index < -0.39 is 0 Å². The van der Waals surface area contributed by atoms with Crippen LogP contribution in [0.15, 0.2) is 42.2 Å². The Balaban J connectivity index is 1.83. The number of amides is 1. The Morgan fingerprint density at radius 2 is 2.09 bits per heavy atom. The van der Waals surface area contributed by atoms with Crippen LogP contribution in [0.5, 0.6) is 5.75 Å². The maximum absolute atomic E-state index is 13.0. The van der Waals surface area contributed by atoms with E-state index in [2.05, 4.69) is 19.0 Å².